The van der Waals surface area contributed by atoms with Crippen molar-refractivity contribution in [1.29, 1.82) is 0 Å². The van der Waals surface area contributed by atoms with Crippen LogP contribution in [0.4, 0.5) is 4.39 Å². The fourth-order valence-corrected chi connectivity index (χ4v) is 6.55. The second-order valence-corrected chi connectivity index (χ2v) is 12.0. The maximum absolute atomic E-state index is 14.6. The standard InChI is InChI=1S/C34H35ClFN3O4/c1-21(40-2)23-6-9-29-30(16-23)39(18-25-12-15-41-25)33(37-29)19-38-13-10-22(11-14-38)26-4-3-5-31-34(26)42-20-32(43-31)27-8-7-24(35)17-28(27)36/h3-9,16-17,22,25,32H,1,10-15,18-20H2,2H3/t25-,32-/m0/s1. The van der Waals surface area contributed by atoms with Crippen LogP contribution in [0.25, 0.3) is 16.8 Å². The molecule has 0 aliphatic carbocycles. The lowest BCUT2D eigenvalue weighted by Crippen LogP contribution is -2.35. The Morgan fingerprint density at radius 2 is 1.93 bits per heavy atom. The van der Waals surface area contributed by atoms with Crippen molar-refractivity contribution in [2.45, 2.75) is 50.5 Å². The zero-order valence-corrected chi connectivity index (χ0v) is 25.0. The maximum Gasteiger partial charge on any atom is 0.164 e. The van der Waals surface area contributed by atoms with E-state index in [1.165, 1.54) is 6.07 Å². The molecule has 3 aromatic carbocycles. The molecule has 4 heterocycles. The lowest BCUT2D eigenvalue weighted by molar-refractivity contribution is -0.0592. The second-order valence-electron chi connectivity index (χ2n) is 11.6. The number of likely N-dealkylation sites (tertiary alicyclic amines) is 1. The topological polar surface area (TPSA) is 58.0 Å². The first-order valence-electron chi connectivity index (χ1n) is 14.9. The molecule has 0 spiro atoms. The Morgan fingerprint density at radius 1 is 1.09 bits per heavy atom. The van der Waals surface area contributed by atoms with E-state index in [9.17, 15) is 4.39 Å². The molecule has 0 amide bonds. The maximum atomic E-state index is 14.6. The van der Waals surface area contributed by atoms with Gasteiger partial charge in [-0.2, -0.15) is 0 Å². The Balaban J connectivity index is 1.05. The number of nitrogens with zero attached hydrogens (tertiary/aromatic N) is 3. The smallest absolute Gasteiger partial charge is 0.164 e. The first-order valence-corrected chi connectivity index (χ1v) is 15.3. The van der Waals surface area contributed by atoms with Crippen molar-refractivity contribution in [2.24, 2.45) is 0 Å². The number of rotatable bonds is 8. The predicted molar refractivity (Wildman–Crippen MR) is 164 cm³/mol. The fraction of sp³-hybridized carbons (Fsp3) is 0.382. The summed E-state index contributed by atoms with van der Waals surface area (Å²) in [6.45, 7) is 8.56. The molecule has 0 N–H and O–H groups in total. The zero-order valence-electron chi connectivity index (χ0n) is 24.2. The lowest BCUT2D eigenvalue weighted by atomic mass is 9.88. The van der Waals surface area contributed by atoms with Gasteiger partial charge < -0.3 is 23.5 Å². The van der Waals surface area contributed by atoms with Crippen LogP contribution in [-0.4, -0.2) is 54.0 Å². The quantitative estimate of drug-likeness (QED) is 0.200. The van der Waals surface area contributed by atoms with E-state index in [2.05, 4.69) is 34.2 Å². The number of hydrogen-bond donors (Lipinski definition) is 0. The zero-order chi connectivity index (χ0) is 29.5. The Morgan fingerprint density at radius 3 is 2.67 bits per heavy atom. The van der Waals surface area contributed by atoms with Gasteiger partial charge >= 0.3 is 0 Å². The molecule has 3 aliphatic heterocycles. The molecule has 3 aliphatic rings. The summed E-state index contributed by atoms with van der Waals surface area (Å²) in [5, 5.41) is 0.360. The average Bonchev–Trinajstić information content (AvgIpc) is 3.34. The second kappa shape index (κ2) is 11.8. The van der Waals surface area contributed by atoms with Crippen molar-refractivity contribution in [3.8, 4) is 11.5 Å². The van der Waals surface area contributed by atoms with Crippen molar-refractivity contribution >= 4 is 28.4 Å². The molecular formula is C34H35ClFN3O4. The van der Waals surface area contributed by atoms with Crippen molar-refractivity contribution in [3.63, 3.8) is 0 Å². The number of para-hydroxylation sites is 1. The third-order valence-electron chi connectivity index (χ3n) is 8.93. The van der Waals surface area contributed by atoms with E-state index in [0.717, 1.165) is 85.8 Å². The first kappa shape index (κ1) is 28.2. The van der Waals surface area contributed by atoms with Crippen molar-refractivity contribution < 1.29 is 23.3 Å². The molecule has 2 atom stereocenters. The SMILES string of the molecule is C=C(OC)c1ccc2nc(CN3CCC(c4cccc5c4OC[C@@H](c4ccc(Cl)cc4F)O5)CC3)n(C[C@@H]3CCO3)c2c1. The summed E-state index contributed by atoms with van der Waals surface area (Å²) in [6.07, 6.45) is 2.77. The monoisotopic (exact) mass is 603 g/mol. The third-order valence-corrected chi connectivity index (χ3v) is 9.17. The molecule has 0 radical (unpaired) electrons. The number of hydrogen-bond acceptors (Lipinski definition) is 6. The molecule has 9 heteroatoms. The van der Waals surface area contributed by atoms with Crippen molar-refractivity contribution in [3.05, 3.63) is 94.5 Å². The van der Waals surface area contributed by atoms with Gasteiger partial charge in [-0.25, -0.2) is 9.37 Å². The van der Waals surface area contributed by atoms with Crippen molar-refractivity contribution in [1.82, 2.24) is 14.5 Å². The van der Waals surface area contributed by atoms with E-state index in [1.807, 2.05) is 18.2 Å². The van der Waals surface area contributed by atoms with Crippen LogP contribution in [-0.2, 0) is 22.6 Å². The largest absolute Gasteiger partial charge is 0.497 e. The summed E-state index contributed by atoms with van der Waals surface area (Å²) in [6, 6.07) is 16.9. The van der Waals surface area contributed by atoms with Crippen LogP contribution in [0.2, 0.25) is 5.02 Å². The molecule has 0 unspecified atom stereocenters. The molecular weight excluding hydrogens is 569 g/mol. The Kier molecular flexibility index (Phi) is 7.76. The van der Waals surface area contributed by atoms with E-state index < -0.39 is 6.10 Å². The van der Waals surface area contributed by atoms with Gasteiger partial charge in [0.25, 0.3) is 0 Å². The van der Waals surface area contributed by atoms with Crippen LogP contribution in [0.3, 0.4) is 0 Å². The Hall–Kier alpha value is -3.59. The summed E-state index contributed by atoms with van der Waals surface area (Å²) in [5.74, 6) is 3.10. The predicted octanol–water partition coefficient (Wildman–Crippen LogP) is 7.13. The Bertz CT molecular complexity index is 1660. The number of piperidine rings is 1. The summed E-state index contributed by atoms with van der Waals surface area (Å²) >= 11 is 5.94. The van der Waals surface area contributed by atoms with Gasteiger partial charge in [0.15, 0.2) is 17.6 Å². The van der Waals surface area contributed by atoms with E-state index in [0.29, 0.717) is 28.0 Å². The molecule has 0 bridgehead atoms. The molecule has 7 rings (SSSR count). The van der Waals surface area contributed by atoms with Gasteiger partial charge in [-0.1, -0.05) is 36.4 Å². The molecule has 2 fully saturated rings. The molecule has 43 heavy (non-hydrogen) atoms. The number of halogens is 2. The van der Waals surface area contributed by atoms with E-state index in [1.54, 1.807) is 19.2 Å². The van der Waals surface area contributed by atoms with Gasteiger partial charge in [0.2, 0.25) is 0 Å². The van der Waals surface area contributed by atoms with Crippen LogP contribution < -0.4 is 9.47 Å². The van der Waals surface area contributed by atoms with Crippen molar-refractivity contribution in [2.75, 3.05) is 33.4 Å². The fourth-order valence-electron chi connectivity index (χ4n) is 6.39. The minimum Gasteiger partial charge on any atom is -0.497 e. The van der Waals surface area contributed by atoms with Gasteiger partial charge in [0.05, 0.1) is 37.3 Å². The van der Waals surface area contributed by atoms with Crippen LogP contribution >= 0.6 is 11.6 Å². The molecule has 0 saturated carbocycles. The minimum atomic E-state index is -0.518. The van der Waals surface area contributed by atoms with E-state index in [-0.39, 0.29) is 18.5 Å². The minimum absolute atomic E-state index is 0.221. The number of fused-ring (bicyclic) bond motifs is 2. The lowest BCUT2D eigenvalue weighted by Gasteiger charge is -2.35. The van der Waals surface area contributed by atoms with Gasteiger partial charge in [0, 0.05) is 28.3 Å². The number of aromatic nitrogens is 2. The molecule has 4 aromatic rings. The molecule has 1 aromatic heterocycles. The summed E-state index contributed by atoms with van der Waals surface area (Å²) < 4.78 is 40.5. The van der Waals surface area contributed by atoms with Crippen LogP contribution in [0, 0.1) is 5.82 Å². The Labute approximate surface area is 255 Å². The summed E-state index contributed by atoms with van der Waals surface area (Å²) in [4.78, 5) is 7.53. The highest BCUT2D eigenvalue weighted by atomic mass is 35.5. The highest BCUT2D eigenvalue weighted by Gasteiger charge is 2.31. The number of imidazole rings is 1. The number of methoxy groups -OCH3 is 1. The number of ether oxygens (including phenoxy) is 4. The van der Waals surface area contributed by atoms with Gasteiger partial charge in [-0.3, -0.25) is 4.90 Å². The average molecular weight is 604 g/mol. The normalized spacial score (nSPS) is 20.6. The number of benzene rings is 3. The molecule has 2 saturated heterocycles. The van der Waals surface area contributed by atoms with Crippen LogP contribution in [0.1, 0.15) is 53.8 Å². The van der Waals surface area contributed by atoms with E-state index >= 15 is 0 Å². The van der Waals surface area contributed by atoms with Gasteiger partial charge in [-0.15, -0.1) is 0 Å². The summed E-state index contributed by atoms with van der Waals surface area (Å²) in [5.41, 5.74) is 4.62. The third kappa shape index (κ3) is 5.59. The molecule has 224 valence electrons. The van der Waals surface area contributed by atoms with Crippen LogP contribution in [0.15, 0.2) is 61.2 Å². The first-order chi connectivity index (χ1) is 21.0. The van der Waals surface area contributed by atoms with Crippen LogP contribution in [0.5, 0.6) is 11.5 Å². The highest BCUT2D eigenvalue weighted by molar-refractivity contribution is 6.30. The highest BCUT2D eigenvalue weighted by Crippen LogP contribution is 2.44. The molecule has 7 nitrogen and oxygen atoms in total. The van der Waals surface area contributed by atoms with Gasteiger partial charge in [0.1, 0.15) is 24.0 Å². The van der Waals surface area contributed by atoms with E-state index in [4.69, 9.17) is 35.5 Å². The van der Waals surface area contributed by atoms with Gasteiger partial charge in [-0.05, 0) is 74.7 Å². The summed E-state index contributed by atoms with van der Waals surface area (Å²) in [7, 11) is 1.64.